The second kappa shape index (κ2) is 6.86. The van der Waals surface area contributed by atoms with Crippen LogP contribution in [-0.4, -0.2) is 59.1 Å². The summed E-state index contributed by atoms with van der Waals surface area (Å²) in [5.41, 5.74) is 2.77. The fraction of sp³-hybridized carbons (Fsp3) is 0.529. The van der Waals surface area contributed by atoms with Gasteiger partial charge in [-0.05, 0) is 29.3 Å². The Hall–Kier alpha value is -0.970. The number of hydrogen-bond donors (Lipinski definition) is 0. The van der Waals surface area contributed by atoms with Gasteiger partial charge in [0.05, 0.1) is 0 Å². The number of benzene rings is 1. The molecule has 0 N–H and O–H groups in total. The van der Waals surface area contributed by atoms with Crippen molar-refractivity contribution in [2.75, 3.05) is 44.7 Å². The van der Waals surface area contributed by atoms with Crippen molar-refractivity contribution in [3.63, 3.8) is 0 Å². The van der Waals surface area contributed by atoms with Crippen LogP contribution < -0.4 is 0 Å². The molecule has 3 nitrogen and oxygen atoms in total. The predicted molar refractivity (Wildman–Crippen MR) is 93.0 cm³/mol. The number of rotatable bonds is 5. The van der Waals surface area contributed by atoms with E-state index in [0.29, 0.717) is 0 Å². The molecule has 2 aromatic rings. The lowest BCUT2D eigenvalue weighted by molar-refractivity contribution is 0.133. The molecule has 0 radical (unpaired) electrons. The lowest BCUT2D eigenvalue weighted by Crippen LogP contribution is -2.46. The lowest BCUT2D eigenvalue weighted by Gasteiger charge is -2.34. The molecule has 21 heavy (non-hydrogen) atoms. The molecule has 0 atom stereocenters. The molecule has 0 unspecified atom stereocenters. The van der Waals surface area contributed by atoms with E-state index in [1.165, 1.54) is 54.9 Å². The summed E-state index contributed by atoms with van der Waals surface area (Å²) in [7, 11) is 2.12. The van der Waals surface area contributed by atoms with E-state index >= 15 is 0 Å². The molecule has 1 fully saturated rings. The van der Waals surface area contributed by atoms with Crippen LogP contribution in [0.25, 0.3) is 10.9 Å². The van der Waals surface area contributed by atoms with Crippen LogP contribution in [0, 0.1) is 0 Å². The van der Waals surface area contributed by atoms with Gasteiger partial charge in [-0.15, -0.1) is 0 Å². The number of fused-ring (bicyclic) bond motifs is 1. The molecule has 0 aliphatic carbocycles. The molecule has 1 aromatic carbocycles. The highest BCUT2D eigenvalue weighted by molar-refractivity contribution is 7.98. The highest BCUT2D eigenvalue weighted by atomic mass is 32.2. The Bertz CT molecular complexity index is 585. The van der Waals surface area contributed by atoms with Crippen molar-refractivity contribution < 1.29 is 0 Å². The Morgan fingerprint density at radius 3 is 2.57 bits per heavy atom. The smallest absolute Gasteiger partial charge is 0.0480 e. The normalized spacial score (nSPS) is 17.6. The molecular formula is C17H25N3S. The van der Waals surface area contributed by atoms with Crippen LogP contribution in [0.15, 0.2) is 30.5 Å². The van der Waals surface area contributed by atoms with Gasteiger partial charge in [0.15, 0.2) is 0 Å². The van der Waals surface area contributed by atoms with E-state index in [4.69, 9.17) is 0 Å². The summed E-state index contributed by atoms with van der Waals surface area (Å²) < 4.78 is 2.21. The Kier molecular flexibility index (Phi) is 4.88. The molecule has 3 rings (SSSR count). The van der Waals surface area contributed by atoms with E-state index in [0.717, 1.165) is 6.54 Å². The monoisotopic (exact) mass is 303 g/mol. The molecule has 4 heteroatoms. The molecule has 1 aromatic heterocycles. The van der Waals surface area contributed by atoms with Crippen molar-refractivity contribution in [1.82, 2.24) is 14.4 Å². The van der Waals surface area contributed by atoms with Crippen LogP contribution in [0.1, 0.15) is 5.56 Å². The van der Waals surface area contributed by atoms with E-state index in [9.17, 15) is 0 Å². The third-order valence-electron chi connectivity index (χ3n) is 4.44. The Morgan fingerprint density at radius 2 is 1.81 bits per heavy atom. The Labute approximate surface area is 131 Å². The zero-order valence-corrected chi connectivity index (χ0v) is 13.9. The molecule has 0 amide bonds. The van der Waals surface area contributed by atoms with Gasteiger partial charge in [-0.25, -0.2) is 0 Å². The largest absolute Gasteiger partial charge is 0.351 e. The first-order valence-electron chi connectivity index (χ1n) is 7.74. The summed E-state index contributed by atoms with van der Waals surface area (Å²) in [4.78, 5) is 5.17. The van der Waals surface area contributed by atoms with Crippen LogP contribution in [-0.2, 0) is 13.6 Å². The maximum absolute atomic E-state index is 2.59. The first-order chi connectivity index (χ1) is 10.3. The van der Waals surface area contributed by atoms with Crippen LogP contribution in [0.3, 0.4) is 0 Å². The summed E-state index contributed by atoms with van der Waals surface area (Å²) >= 11 is 1.94. The zero-order valence-electron chi connectivity index (χ0n) is 13.1. The highest BCUT2D eigenvalue weighted by Gasteiger charge is 2.16. The fourth-order valence-electron chi connectivity index (χ4n) is 3.06. The van der Waals surface area contributed by atoms with Gasteiger partial charge in [0, 0.05) is 63.8 Å². The Morgan fingerprint density at radius 1 is 1.05 bits per heavy atom. The molecule has 1 saturated heterocycles. The second-order valence-electron chi connectivity index (χ2n) is 5.93. The van der Waals surface area contributed by atoms with Crippen molar-refractivity contribution in [2.24, 2.45) is 7.05 Å². The predicted octanol–water partition coefficient (Wildman–Crippen LogP) is 2.66. The summed E-state index contributed by atoms with van der Waals surface area (Å²) in [6.45, 7) is 7.14. The summed E-state index contributed by atoms with van der Waals surface area (Å²) in [6, 6.07) is 9.06. The number of aromatic nitrogens is 1. The Balaban J connectivity index is 1.57. The fourth-order valence-corrected chi connectivity index (χ4v) is 3.50. The molecule has 0 bridgehead atoms. The van der Waals surface area contributed by atoms with Gasteiger partial charge in [-0.1, -0.05) is 12.1 Å². The lowest BCUT2D eigenvalue weighted by atomic mass is 10.1. The van der Waals surface area contributed by atoms with E-state index in [1.807, 2.05) is 11.8 Å². The third-order valence-corrected chi connectivity index (χ3v) is 5.03. The van der Waals surface area contributed by atoms with Crippen LogP contribution in [0.4, 0.5) is 0 Å². The molecule has 114 valence electrons. The van der Waals surface area contributed by atoms with Crippen LogP contribution in [0.2, 0.25) is 0 Å². The van der Waals surface area contributed by atoms with Crippen molar-refractivity contribution in [3.8, 4) is 0 Å². The van der Waals surface area contributed by atoms with Gasteiger partial charge in [-0.2, -0.15) is 11.8 Å². The summed E-state index contributed by atoms with van der Waals surface area (Å²) in [5.74, 6) is 1.25. The first kappa shape index (κ1) is 14.9. The summed E-state index contributed by atoms with van der Waals surface area (Å²) in [6.07, 6.45) is 4.33. The van der Waals surface area contributed by atoms with E-state index in [1.54, 1.807) is 0 Å². The highest BCUT2D eigenvalue weighted by Crippen LogP contribution is 2.18. The SMILES string of the molecule is CSCCN1CCN(Cc2ccc3ccn(C)c3c2)CC1. The minimum Gasteiger partial charge on any atom is -0.351 e. The summed E-state index contributed by atoms with van der Waals surface area (Å²) in [5, 5.41) is 1.34. The van der Waals surface area contributed by atoms with Gasteiger partial charge in [0.1, 0.15) is 0 Å². The number of piperazine rings is 1. The van der Waals surface area contributed by atoms with Crippen LogP contribution >= 0.6 is 11.8 Å². The zero-order chi connectivity index (χ0) is 14.7. The third kappa shape index (κ3) is 3.62. The van der Waals surface area contributed by atoms with Crippen molar-refractivity contribution in [2.45, 2.75) is 6.54 Å². The van der Waals surface area contributed by atoms with Gasteiger partial charge in [0.2, 0.25) is 0 Å². The standard InChI is InChI=1S/C17H25N3S/c1-18-6-5-16-4-3-15(13-17(16)18)14-20-9-7-19(8-10-20)11-12-21-2/h3-6,13H,7-12,14H2,1-2H3. The molecule has 1 aliphatic heterocycles. The van der Waals surface area contributed by atoms with Gasteiger partial charge in [-0.3, -0.25) is 9.80 Å². The topological polar surface area (TPSA) is 11.4 Å². The second-order valence-corrected chi connectivity index (χ2v) is 6.92. The van der Waals surface area contributed by atoms with Gasteiger partial charge in [0.25, 0.3) is 0 Å². The minimum atomic E-state index is 1.08. The van der Waals surface area contributed by atoms with E-state index in [-0.39, 0.29) is 0 Å². The van der Waals surface area contributed by atoms with Crippen molar-refractivity contribution in [3.05, 3.63) is 36.0 Å². The minimum absolute atomic E-state index is 1.08. The molecular weight excluding hydrogens is 278 g/mol. The number of aryl methyl sites for hydroxylation is 1. The molecule has 1 aliphatic rings. The average molecular weight is 303 g/mol. The average Bonchev–Trinajstić information content (AvgIpc) is 2.88. The van der Waals surface area contributed by atoms with E-state index in [2.05, 4.69) is 58.1 Å². The van der Waals surface area contributed by atoms with Gasteiger partial charge < -0.3 is 4.57 Å². The molecule has 0 saturated carbocycles. The van der Waals surface area contributed by atoms with E-state index < -0.39 is 0 Å². The number of hydrogen-bond acceptors (Lipinski definition) is 3. The maximum atomic E-state index is 2.59. The molecule has 0 spiro atoms. The first-order valence-corrected chi connectivity index (χ1v) is 9.13. The number of nitrogens with zero attached hydrogens (tertiary/aromatic N) is 3. The quantitative estimate of drug-likeness (QED) is 0.842. The van der Waals surface area contributed by atoms with Crippen molar-refractivity contribution >= 4 is 22.7 Å². The van der Waals surface area contributed by atoms with Crippen LogP contribution in [0.5, 0.6) is 0 Å². The van der Waals surface area contributed by atoms with Crippen molar-refractivity contribution in [1.29, 1.82) is 0 Å². The number of thioether (sulfide) groups is 1. The van der Waals surface area contributed by atoms with Gasteiger partial charge >= 0.3 is 0 Å². The maximum Gasteiger partial charge on any atom is 0.0480 e. The molecule has 2 heterocycles.